The van der Waals surface area contributed by atoms with E-state index in [-0.39, 0.29) is 17.4 Å². The molecule has 0 spiro atoms. The second kappa shape index (κ2) is 9.49. The monoisotopic (exact) mass is 447 g/mol. The van der Waals surface area contributed by atoms with Gasteiger partial charge in [0.2, 0.25) is 5.91 Å². The van der Waals surface area contributed by atoms with Crippen LogP contribution in [0.3, 0.4) is 0 Å². The first-order valence-electron chi connectivity index (χ1n) is 10.8. The van der Waals surface area contributed by atoms with Crippen molar-refractivity contribution in [3.63, 3.8) is 0 Å². The number of thioether (sulfide) groups is 1. The number of hydrogen-bond acceptors (Lipinski definition) is 6. The number of dihydropyridines is 1. The molecule has 0 saturated heterocycles. The second-order valence-electron chi connectivity index (χ2n) is 7.88. The predicted octanol–water partition coefficient (Wildman–Crippen LogP) is 4.95. The number of allylic oxidation sites excluding steroid dienone is 3. The van der Waals surface area contributed by atoms with Gasteiger partial charge in [-0.05, 0) is 49.9 Å². The fraction of sp³-hybridized carbons (Fsp3) is 0.320. The van der Waals surface area contributed by atoms with E-state index in [1.165, 1.54) is 11.8 Å². The first kappa shape index (κ1) is 22.0. The van der Waals surface area contributed by atoms with Crippen molar-refractivity contribution < 1.29 is 14.0 Å². The van der Waals surface area contributed by atoms with E-state index in [0.717, 1.165) is 42.0 Å². The van der Waals surface area contributed by atoms with Gasteiger partial charge in [-0.2, -0.15) is 5.26 Å². The van der Waals surface area contributed by atoms with Crippen LogP contribution in [0.1, 0.15) is 49.2 Å². The molecule has 1 atom stereocenters. The predicted molar refractivity (Wildman–Crippen MR) is 125 cm³/mol. The van der Waals surface area contributed by atoms with Crippen LogP contribution in [0.5, 0.6) is 0 Å². The Morgan fingerprint density at radius 1 is 1.28 bits per heavy atom. The van der Waals surface area contributed by atoms with Gasteiger partial charge >= 0.3 is 0 Å². The van der Waals surface area contributed by atoms with Gasteiger partial charge < -0.3 is 15.1 Å². The zero-order valence-corrected chi connectivity index (χ0v) is 19.0. The number of ketones is 1. The molecule has 0 radical (unpaired) electrons. The number of rotatable bonds is 6. The molecule has 0 unspecified atom stereocenters. The van der Waals surface area contributed by atoms with E-state index in [0.29, 0.717) is 28.4 Å². The number of hydrogen-bond donors (Lipinski definition) is 2. The average Bonchev–Trinajstić information content (AvgIpc) is 3.23. The summed E-state index contributed by atoms with van der Waals surface area (Å²) in [5, 5.41) is 16.9. The topological polar surface area (TPSA) is 95.1 Å². The molecule has 2 N–H and O–H groups in total. The Hall–Kier alpha value is -3.24. The number of nitriles is 1. The van der Waals surface area contributed by atoms with Gasteiger partial charge in [-0.15, -0.1) is 0 Å². The first-order chi connectivity index (χ1) is 15.5. The number of para-hydroxylation sites is 1. The van der Waals surface area contributed by atoms with Gasteiger partial charge in [0, 0.05) is 23.4 Å². The van der Waals surface area contributed by atoms with Crippen molar-refractivity contribution in [2.45, 2.75) is 45.4 Å². The third kappa shape index (κ3) is 4.37. The van der Waals surface area contributed by atoms with E-state index in [1.54, 1.807) is 0 Å². The molecule has 1 amide bonds. The normalized spacial score (nSPS) is 18.2. The van der Waals surface area contributed by atoms with Crippen LogP contribution in [0.15, 0.2) is 62.7 Å². The molecule has 32 heavy (non-hydrogen) atoms. The quantitative estimate of drug-likeness (QED) is 0.650. The molecule has 1 aromatic carbocycles. The Morgan fingerprint density at radius 2 is 2.09 bits per heavy atom. The van der Waals surface area contributed by atoms with Crippen molar-refractivity contribution in [3.8, 4) is 6.07 Å². The number of carbonyl (C=O) groups is 2. The molecule has 0 fully saturated rings. The lowest BCUT2D eigenvalue weighted by atomic mass is 9.79. The second-order valence-corrected chi connectivity index (χ2v) is 8.86. The number of amides is 1. The van der Waals surface area contributed by atoms with Crippen LogP contribution in [0, 0.1) is 18.3 Å². The molecule has 2 aromatic rings. The largest absolute Gasteiger partial charge is 0.465 e. The van der Waals surface area contributed by atoms with Gasteiger partial charge in [0.1, 0.15) is 11.5 Å². The van der Waals surface area contributed by atoms with Crippen LogP contribution >= 0.6 is 11.8 Å². The highest BCUT2D eigenvalue weighted by Gasteiger charge is 2.38. The highest BCUT2D eigenvalue weighted by Crippen LogP contribution is 2.44. The number of nitrogens with one attached hydrogen (secondary N) is 2. The van der Waals surface area contributed by atoms with Crippen molar-refractivity contribution in [1.82, 2.24) is 5.32 Å². The first-order valence-corrected chi connectivity index (χ1v) is 11.7. The van der Waals surface area contributed by atoms with Gasteiger partial charge in [0.15, 0.2) is 5.78 Å². The van der Waals surface area contributed by atoms with E-state index >= 15 is 0 Å². The van der Waals surface area contributed by atoms with Gasteiger partial charge in [0.05, 0.1) is 28.3 Å². The molecule has 6 nitrogen and oxygen atoms in total. The van der Waals surface area contributed by atoms with Crippen molar-refractivity contribution in [3.05, 3.63) is 75.4 Å². The van der Waals surface area contributed by atoms with Crippen LogP contribution in [-0.4, -0.2) is 17.4 Å². The standard InChI is InChI=1S/C25H25N3O3S/c1-3-16-7-4-5-8-18(16)27-22(30)14-32-25-17(13-26)23(21-12-11-15(2)31-21)24-19(28-25)9-6-10-20(24)29/h4-5,7-8,11-12,23,28H,3,6,9-10,14H2,1-2H3,(H,27,30)/t23-/m0/s1. The Kier molecular flexibility index (Phi) is 6.52. The smallest absolute Gasteiger partial charge is 0.234 e. The maximum Gasteiger partial charge on any atom is 0.234 e. The molecule has 1 aliphatic carbocycles. The third-order valence-electron chi connectivity index (χ3n) is 5.73. The summed E-state index contributed by atoms with van der Waals surface area (Å²) in [4.78, 5) is 25.4. The lowest BCUT2D eigenvalue weighted by molar-refractivity contribution is -0.116. The van der Waals surface area contributed by atoms with Gasteiger partial charge in [0.25, 0.3) is 0 Å². The third-order valence-corrected chi connectivity index (χ3v) is 6.75. The van der Waals surface area contributed by atoms with E-state index in [1.807, 2.05) is 50.2 Å². The fourth-order valence-electron chi connectivity index (χ4n) is 4.21. The molecule has 2 heterocycles. The zero-order valence-electron chi connectivity index (χ0n) is 18.2. The van der Waals surface area contributed by atoms with Crippen LogP contribution in [0.4, 0.5) is 5.69 Å². The van der Waals surface area contributed by atoms with Crippen LogP contribution in [-0.2, 0) is 16.0 Å². The lowest BCUT2D eigenvalue weighted by Gasteiger charge is -2.32. The summed E-state index contributed by atoms with van der Waals surface area (Å²) in [5.41, 5.74) is 3.74. The van der Waals surface area contributed by atoms with Crippen molar-refractivity contribution in [1.29, 1.82) is 5.26 Å². The SMILES string of the molecule is CCc1ccccc1NC(=O)CSC1=C(C#N)[C@@H](c2ccc(C)o2)C2=C(CCCC2=O)N1. The number of furan rings is 1. The summed E-state index contributed by atoms with van der Waals surface area (Å²) in [6.07, 6.45) is 2.79. The van der Waals surface area contributed by atoms with Gasteiger partial charge in [-0.25, -0.2) is 0 Å². The Morgan fingerprint density at radius 3 is 2.81 bits per heavy atom. The summed E-state index contributed by atoms with van der Waals surface area (Å²) in [5.74, 6) is 0.818. The van der Waals surface area contributed by atoms with Crippen LogP contribution in [0.25, 0.3) is 0 Å². The summed E-state index contributed by atoms with van der Waals surface area (Å²) >= 11 is 1.28. The molecule has 4 rings (SSSR count). The Bertz CT molecular complexity index is 1170. The van der Waals surface area contributed by atoms with Crippen LogP contribution < -0.4 is 10.6 Å². The Labute approximate surface area is 191 Å². The summed E-state index contributed by atoms with van der Waals surface area (Å²) in [6, 6.07) is 13.7. The van der Waals surface area contributed by atoms with E-state index in [2.05, 4.69) is 16.7 Å². The number of anilines is 1. The molecule has 1 aromatic heterocycles. The van der Waals surface area contributed by atoms with Crippen LogP contribution in [0.2, 0.25) is 0 Å². The fourth-order valence-corrected chi connectivity index (χ4v) is 5.07. The van der Waals surface area contributed by atoms with Gasteiger partial charge in [-0.1, -0.05) is 36.9 Å². The molecule has 0 saturated carbocycles. The van der Waals surface area contributed by atoms with Crippen molar-refractivity contribution in [2.75, 3.05) is 11.1 Å². The average molecular weight is 448 g/mol. The van der Waals surface area contributed by atoms with Crippen molar-refractivity contribution >= 4 is 29.1 Å². The minimum Gasteiger partial charge on any atom is -0.465 e. The molecule has 0 bridgehead atoms. The molecular formula is C25H25N3O3S. The highest BCUT2D eigenvalue weighted by molar-refractivity contribution is 8.03. The van der Waals surface area contributed by atoms with E-state index in [4.69, 9.17) is 4.42 Å². The number of Topliss-reactive ketones (excluding diaryl/α,β-unsaturated/α-hetero) is 1. The highest BCUT2D eigenvalue weighted by atomic mass is 32.2. The maximum atomic E-state index is 12.8. The minimum atomic E-state index is -0.538. The van der Waals surface area contributed by atoms with Crippen molar-refractivity contribution in [2.24, 2.45) is 0 Å². The van der Waals surface area contributed by atoms with Gasteiger partial charge in [-0.3, -0.25) is 9.59 Å². The molecule has 7 heteroatoms. The zero-order chi connectivity index (χ0) is 22.7. The van der Waals surface area contributed by atoms with E-state index in [9.17, 15) is 14.9 Å². The number of nitrogens with zero attached hydrogens (tertiary/aromatic N) is 1. The van der Waals surface area contributed by atoms with E-state index < -0.39 is 5.92 Å². The Balaban J connectivity index is 1.59. The molecule has 2 aliphatic rings. The number of benzene rings is 1. The summed E-state index contributed by atoms with van der Waals surface area (Å²) in [6.45, 7) is 3.88. The number of carbonyl (C=O) groups excluding carboxylic acids is 2. The molecule has 164 valence electrons. The number of aryl methyl sites for hydroxylation is 2. The molecule has 1 aliphatic heterocycles. The lowest BCUT2D eigenvalue weighted by Crippen LogP contribution is -2.31. The summed E-state index contributed by atoms with van der Waals surface area (Å²) in [7, 11) is 0. The maximum absolute atomic E-state index is 12.8. The summed E-state index contributed by atoms with van der Waals surface area (Å²) < 4.78 is 5.84. The molecular weight excluding hydrogens is 422 g/mol. The minimum absolute atomic E-state index is 0.0449.